The van der Waals surface area contributed by atoms with Gasteiger partial charge in [0.1, 0.15) is 5.76 Å². The molecule has 0 aliphatic heterocycles. The summed E-state index contributed by atoms with van der Waals surface area (Å²) in [5.41, 5.74) is -0.894. The molecule has 0 saturated heterocycles. The van der Waals surface area contributed by atoms with E-state index in [1.807, 2.05) is 13.2 Å². The molecule has 1 rings (SSSR count). The third-order valence-corrected chi connectivity index (χ3v) is 3.23. The zero-order valence-electron chi connectivity index (χ0n) is 10.4. The number of rotatable bonds is 6. The van der Waals surface area contributed by atoms with Crippen LogP contribution in [0.25, 0.3) is 0 Å². The molecule has 0 bridgehead atoms. The fourth-order valence-electron chi connectivity index (χ4n) is 1.41. The normalized spacial score (nSPS) is 14.4. The van der Waals surface area contributed by atoms with Crippen LogP contribution in [-0.2, 0) is 6.42 Å². The van der Waals surface area contributed by atoms with Crippen molar-refractivity contribution in [3.05, 3.63) is 23.7 Å². The van der Waals surface area contributed by atoms with Gasteiger partial charge in [-0.25, -0.2) is 0 Å². The van der Waals surface area contributed by atoms with Gasteiger partial charge in [0.15, 0.2) is 5.76 Å². The van der Waals surface area contributed by atoms with Crippen molar-refractivity contribution in [3.63, 3.8) is 0 Å². The lowest BCUT2D eigenvalue weighted by Crippen LogP contribution is -2.42. The molecular weight excluding hydrogens is 238 g/mol. The van der Waals surface area contributed by atoms with Gasteiger partial charge in [0.05, 0.1) is 5.60 Å². The van der Waals surface area contributed by atoms with Crippen LogP contribution in [0.2, 0.25) is 0 Å². The van der Waals surface area contributed by atoms with E-state index < -0.39 is 5.60 Å². The molecule has 1 aromatic heterocycles. The summed E-state index contributed by atoms with van der Waals surface area (Å²) in [6.07, 6.45) is 2.67. The highest BCUT2D eigenvalue weighted by Gasteiger charge is 2.21. The Morgan fingerprint density at radius 3 is 2.82 bits per heavy atom. The molecule has 0 fully saturated rings. The molecule has 0 saturated carbocycles. The van der Waals surface area contributed by atoms with E-state index in [0.717, 1.165) is 12.2 Å². The summed E-state index contributed by atoms with van der Waals surface area (Å²) in [6, 6.07) is 3.44. The molecule has 1 heterocycles. The lowest BCUT2D eigenvalue weighted by atomic mass is 10.1. The predicted octanol–water partition coefficient (Wildman–Crippen LogP) is 1.69. The first-order chi connectivity index (χ1) is 7.98. The van der Waals surface area contributed by atoms with Crippen LogP contribution in [0.5, 0.6) is 0 Å². The smallest absolute Gasteiger partial charge is 0.287 e. The van der Waals surface area contributed by atoms with Gasteiger partial charge in [0.2, 0.25) is 0 Å². The molecule has 0 radical (unpaired) electrons. The monoisotopic (exact) mass is 257 g/mol. The summed E-state index contributed by atoms with van der Waals surface area (Å²) < 4.78 is 5.32. The maximum atomic E-state index is 11.7. The standard InChI is InChI=1S/C12H19NO3S/c1-4-9-5-6-10(16-9)11(14)13-7-12(2,15)8-17-3/h5-6,15H,4,7-8H2,1-3H3,(H,13,14). The summed E-state index contributed by atoms with van der Waals surface area (Å²) in [5, 5.41) is 12.6. The van der Waals surface area contributed by atoms with Crippen LogP contribution in [0.15, 0.2) is 16.5 Å². The number of nitrogens with one attached hydrogen (secondary N) is 1. The van der Waals surface area contributed by atoms with E-state index in [1.54, 1.807) is 19.1 Å². The minimum absolute atomic E-state index is 0.217. The molecule has 2 N–H and O–H groups in total. The maximum absolute atomic E-state index is 11.7. The van der Waals surface area contributed by atoms with Gasteiger partial charge in [-0.05, 0) is 25.3 Å². The first kappa shape index (κ1) is 14.1. The summed E-state index contributed by atoms with van der Waals surface area (Å²) in [4.78, 5) is 11.7. The van der Waals surface area contributed by atoms with Crippen molar-refractivity contribution in [2.24, 2.45) is 0 Å². The number of carbonyl (C=O) groups is 1. The summed E-state index contributed by atoms with van der Waals surface area (Å²) in [7, 11) is 0. The van der Waals surface area contributed by atoms with E-state index in [0.29, 0.717) is 11.5 Å². The van der Waals surface area contributed by atoms with E-state index in [-0.39, 0.29) is 12.5 Å². The molecule has 0 aliphatic rings. The first-order valence-electron chi connectivity index (χ1n) is 5.56. The number of thioether (sulfide) groups is 1. The van der Waals surface area contributed by atoms with E-state index >= 15 is 0 Å². The van der Waals surface area contributed by atoms with Gasteiger partial charge in [-0.3, -0.25) is 4.79 Å². The molecule has 0 aliphatic carbocycles. The molecule has 0 spiro atoms. The number of aryl methyl sites for hydroxylation is 1. The Balaban J connectivity index is 2.49. The number of furan rings is 1. The predicted molar refractivity (Wildman–Crippen MR) is 69.4 cm³/mol. The van der Waals surface area contributed by atoms with Crippen molar-refractivity contribution in [2.45, 2.75) is 25.9 Å². The Kier molecular flexibility index (Phi) is 5.08. The third kappa shape index (κ3) is 4.44. The van der Waals surface area contributed by atoms with Gasteiger partial charge >= 0.3 is 0 Å². The second-order valence-corrected chi connectivity index (χ2v) is 5.10. The Morgan fingerprint density at radius 1 is 1.59 bits per heavy atom. The highest BCUT2D eigenvalue weighted by Crippen LogP contribution is 2.11. The largest absolute Gasteiger partial charge is 0.456 e. The zero-order chi connectivity index (χ0) is 12.9. The van der Waals surface area contributed by atoms with Crippen LogP contribution in [0.4, 0.5) is 0 Å². The topological polar surface area (TPSA) is 62.5 Å². The Hall–Kier alpha value is -0.940. The zero-order valence-corrected chi connectivity index (χ0v) is 11.3. The number of aliphatic hydroxyl groups is 1. The molecule has 1 amide bonds. The van der Waals surface area contributed by atoms with Crippen LogP contribution in [-0.4, -0.2) is 35.2 Å². The first-order valence-corrected chi connectivity index (χ1v) is 6.96. The third-order valence-electron chi connectivity index (χ3n) is 2.32. The van der Waals surface area contributed by atoms with Crippen LogP contribution in [0.1, 0.15) is 30.2 Å². The molecule has 0 aromatic carbocycles. The van der Waals surface area contributed by atoms with Gasteiger partial charge in [0, 0.05) is 18.7 Å². The van der Waals surface area contributed by atoms with Crippen molar-refractivity contribution in [2.75, 3.05) is 18.6 Å². The van der Waals surface area contributed by atoms with Gasteiger partial charge in [-0.15, -0.1) is 0 Å². The second-order valence-electron chi connectivity index (χ2n) is 4.23. The van der Waals surface area contributed by atoms with Crippen LogP contribution >= 0.6 is 11.8 Å². The van der Waals surface area contributed by atoms with E-state index in [2.05, 4.69) is 5.32 Å². The number of hydrogen-bond acceptors (Lipinski definition) is 4. The highest BCUT2D eigenvalue weighted by molar-refractivity contribution is 7.98. The average Bonchev–Trinajstić information content (AvgIpc) is 2.74. The van der Waals surface area contributed by atoms with Gasteiger partial charge < -0.3 is 14.8 Å². The number of hydrogen-bond donors (Lipinski definition) is 2. The Morgan fingerprint density at radius 2 is 2.29 bits per heavy atom. The fraction of sp³-hybridized carbons (Fsp3) is 0.583. The minimum Gasteiger partial charge on any atom is -0.456 e. The molecule has 4 nitrogen and oxygen atoms in total. The second kappa shape index (κ2) is 6.12. The summed E-state index contributed by atoms with van der Waals surface area (Å²) in [5.74, 6) is 1.37. The lowest BCUT2D eigenvalue weighted by molar-refractivity contribution is 0.0709. The van der Waals surface area contributed by atoms with Crippen molar-refractivity contribution in [3.8, 4) is 0 Å². The molecule has 1 atom stereocenters. The SMILES string of the molecule is CCc1ccc(C(=O)NCC(C)(O)CSC)o1. The minimum atomic E-state index is -0.894. The van der Waals surface area contributed by atoms with Gasteiger partial charge in [-0.1, -0.05) is 6.92 Å². The quantitative estimate of drug-likeness (QED) is 0.814. The summed E-state index contributed by atoms with van der Waals surface area (Å²) in [6.45, 7) is 3.88. The molecule has 5 heteroatoms. The molecule has 17 heavy (non-hydrogen) atoms. The summed E-state index contributed by atoms with van der Waals surface area (Å²) >= 11 is 1.54. The maximum Gasteiger partial charge on any atom is 0.287 e. The lowest BCUT2D eigenvalue weighted by Gasteiger charge is -2.22. The van der Waals surface area contributed by atoms with Crippen molar-refractivity contribution in [1.29, 1.82) is 0 Å². The Labute approximate surface area is 106 Å². The Bertz CT molecular complexity index is 374. The van der Waals surface area contributed by atoms with Crippen LogP contribution in [0.3, 0.4) is 0 Å². The highest BCUT2D eigenvalue weighted by atomic mass is 32.2. The van der Waals surface area contributed by atoms with Crippen molar-refractivity contribution >= 4 is 17.7 Å². The molecule has 1 aromatic rings. The molecule has 96 valence electrons. The molecular formula is C12H19NO3S. The van der Waals surface area contributed by atoms with Crippen molar-refractivity contribution in [1.82, 2.24) is 5.32 Å². The van der Waals surface area contributed by atoms with E-state index in [4.69, 9.17) is 4.42 Å². The average molecular weight is 257 g/mol. The van der Waals surface area contributed by atoms with Crippen LogP contribution in [0, 0.1) is 0 Å². The number of amides is 1. The van der Waals surface area contributed by atoms with Gasteiger partial charge in [-0.2, -0.15) is 11.8 Å². The molecule has 1 unspecified atom stereocenters. The van der Waals surface area contributed by atoms with Crippen LogP contribution < -0.4 is 5.32 Å². The fourth-order valence-corrected chi connectivity index (χ4v) is 2.13. The van der Waals surface area contributed by atoms with E-state index in [1.165, 1.54) is 11.8 Å². The van der Waals surface area contributed by atoms with Gasteiger partial charge in [0.25, 0.3) is 5.91 Å². The van der Waals surface area contributed by atoms with Crippen molar-refractivity contribution < 1.29 is 14.3 Å². The van der Waals surface area contributed by atoms with E-state index in [9.17, 15) is 9.90 Å². The number of carbonyl (C=O) groups excluding carboxylic acids is 1.